The Labute approximate surface area is 133 Å². The molecule has 2 nitrogen and oxygen atoms in total. The van der Waals surface area contributed by atoms with Crippen LogP contribution in [-0.2, 0) is 0 Å². The highest BCUT2D eigenvalue weighted by Crippen LogP contribution is 2.37. The maximum absolute atomic E-state index is 6.08. The first-order valence-electron chi connectivity index (χ1n) is 8.08. The monoisotopic (exact) mass is 299 g/mol. The zero-order valence-corrected chi connectivity index (χ0v) is 13.2. The molecule has 0 fully saturated rings. The molecular weight excluding hydrogens is 282 g/mol. The van der Waals surface area contributed by atoms with E-state index in [0.717, 1.165) is 11.2 Å². The summed E-state index contributed by atoms with van der Waals surface area (Å²) in [4.78, 5) is 0. The van der Waals surface area contributed by atoms with Crippen LogP contribution in [0.2, 0.25) is 0 Å². The lowest BCUT2D eigenvalue weighted by Gasteiger charge is -2.11. The zero-order chi connectivity index (χ0) is 15.6. The largest absolute Gasteiger partial charge is 0.456 e. The topological polar surface area (TPSA) is 18.1 Å². The number of para-hydroxylation sites is 2. The van der Waals surface area contributed by atoms with Crippen LogP contribution in [0.4, 0.5) is 0 Å². The lowest BCUT2D eigenvalue weighted by Crippen LogP contribution is -1.99. The van der Waals surface area contributed by atoms with Crippen LogP contribution in [-0.4, -0.2) is 4.57 Å². The summed E-state index contributed by atoms with van der Waals surface area (Å²) in [5.41, 5.74) is 4.45. The van der Waals surface area contributed by atoms with Crippen molar-refractivity contribution in [3.63, 3.8) is 0 Å². The molecule has 0 N–H and O–H groups in total. The van der Waals surface area contributed by atoms with Gasteiger partial charge in [0.05, 0.1) is 5.52 Å². The number of aromatic nitrogens is 1. The average molecular weight is 299 g/mol. The van der Waals surface area contributed by atoms with E-state index in [-0.39, 0.29) is 0 Å². The fourth-order valence-electron chi connectivity index (χ4n) is 3.77. The quantitative estimate of drug-likeness (QED) is 0.356. The number of hydrogen-bond acceptors (Lipinski definition) is 1. The highest BCUT2D eigenvalue weighted by Gasteiger charge is 2.15. The standard InChI is InChI=1S/C21H17NO/c1-13(2)22-18-9-5-3-7-14(18)16-11-17-15-8-4-6-10-20(15)23-21(17)12-19(16)22/h3-13H,1-2H3. The average Bonchev–Trinajstić information content (AvgIpc) is 3.07. The summed E-state index contributed by atoms with van der Waals surface area (Å²) in [6.45, 7) is 4.46. The smallest absolute Gasteiger partial charge is 0.137 e. The van der Waals surface area contributed by atoms with Gasteiger partial charge in [0.1, 0.15) is 11.2 Å². The Morgan fingerprint density at radius 3 is 2.26 bits per heavy atom. The van der Waals surface area contributed by atoms with Crippen molar-refractivity contribution in [2.45, 2.75) is 19.9 Å². The second-order valence-corrected chi connectivity index (χ2v) is 6.44. The van der Waals surface area contributed by atoms with E-state index in [0.29, 0.717) is 6.04 Å². The Hall–Kier alpha value is -2.74. The molecule has 0 spiro atoms. The van der Waals surface area contributed by atoms with Gasteiger partial charge in [-0.1, -0.05) is 36.4 Å². The highest BCUT2D eigenvalue weighted by atomic mass is 16.3. The van der Waals surface area contributed by atoms with E-state index in [1.54, 1.807) is 0 Å². The molecule has 2 heterocycles. The third-order valence-electron chi connectivity index (χ3n) is 4.72. The molecule has 0 radical (unpaired) electrons. The molecule has 5 aromatic rings. The molecular formula is C21H17NO. The van der Waals surface area contributed by atoms with E-state index in [2.05, 4.69) is 66.9 Å². The van der Waals surface area contributed by atoms with E-state index < -0.39 is 0 Å². The second-order valence-electron chi connectivity index (χ2n) is 6.44. The van der Waals surface area contributed by atoms with E-state index in [1.807, 2.05) is 12.1 Å². The van der Waals surface area contributed by atoms with Crippen molar-refractivity contribution in [3.05, 3.63) is 60.7 Å². The van der Waals surface area contributed by atoms with Gasteiger partial charge >= 0.3 is 0 Å². The number of fused-ring (bicyclic) bond motifs is 6. The van der Waals surface area contributed by atoms with Crippen molar-refractivity contribution < 1.29 is 4.42 Å². The molecule has 0 saturated heterocycles. The molecule has 0 aliphatic carbocycles. The summed E-state index contributed by atoms with van der Waals surface area (Å²) in [5.74, 6) is 0. The minimum atomic E-state index is 0.402. The molecule has 0 aliphatic heterocycles. The first-order valence-corrected chi connectivity index (χ1v) is 8.08. The lowest BCUT2D eigenvalue weighted by molar-refractivity contribution is 0.640. The maximum Gasteiger partial charge on any atom is 0.137 e. The fourth-order valence-corrected chi connectivity index (χ4v) is 3.77. The molecule has 0 bridgehead atoms. The SMILES string of the molecule is CC(C)n1c2ccccc2c2cc3c(cc21)oc1ccccc13. The number of benzene rings is 3. The Morgan fingerprint density at radius 1 is 0.696 bits per heavy atom. The van der Waals surface area contributed by atoms with Gasteiger partial charge in [-0.05, 0) is 32.0 Å². The lowest BCUT2D eigenvalue weighted by atomic mass is 10.1. The Kier molecular flexibility index (Phi) is 2.44. The zero-order valence-electron chi connectivity index (χ0n) is 13.2. The van der Waals surface area contributed by atoms with Crippen LogP contribution in [0.15, 0.2) is 65.1 Å². The van der Waals surface area contributed by atoms with Crippen LogP contribution in [0.1, 0.15) is 19.9 Å². The van der Waals surface area contributed by atoms with Crippen molar-refractivity contribution in [3.8, 4) is 0 Å². The van der Waals surface area contributed by atoms with Gasteiger partial charge in [-0.3, -0.25) is 0 Å². The number of hydrogen-bond donors (Lipinski definition) is 0. The normalized spacial score (nSPS) is 12.3. The van der Waals surface area contributed by atoms with Crippen molar-refractivity contribution in [2.75, 3.05) is 0 Å². The number of rotatable bonds is 1. The maximum atomic E-state index is 6.08. The minimum Gasteiger partial charge on any atom is -0.456 e. The summed E-state index contributed by atoms with van der Waals surface area (Å²) in [6, 6.07) is 21.8. The third kappa shape index (κ3) is 1.63. The van der Waals surface area contributed by atoms with E-state index in [4.69, 9.17) is 4.42 Å². The Morgan fingerprint density at radius 2 is 1.43 bits per heavy atom. The Bertz CT molecular complexity index is 1190. The van der Waals surface area contributed by atoms with Crippen LogP contribution in [0.25, 0.3) is 43.7 Å². The Balaban J connectivity index is 2.05. The van der Waals surface area contributed by atoms with Gasteiger partial charge in [-0.2, -0.15) is 0 Å². The third-order valence-corrected chi connectivity index (χ3v) is 4.72. The summed E-state index contributed by atoms with van der Waals surface area (Å²) in [7, 11) is 0. The molecule has 112 valence electrons. The fraction of sp³-hybridized carbons (Fsp3) is 0.143. The van der Waals surface area contributed by atoms with Crippen LogP contribution >= 0.6 is 0 Å². The van der Waals surface area contributed by atoms with Gasteiger partial charge < -0.3 is 8.98 Å². The van der Waals surface area contributed by atoms with Gasteiger partial charge in [0.2, 0.25) is 0 Å². The van der Waals surface area contributed by atoms with Crippen LogP contribution in [0, 0.1) is 0 Å². The molecule has 23 heavy (non-hydrogen) atoms. The summed E-state index contributed by atoms with van der Waals surface area (Å²) in [6.07, 6.45) is 0. The number of furan rings is 1. The molecule has 0 aliphatic rings. The molecule has 2 heteroatoms. The first-order chi connectivity index (χ1) is 11.2. The van der Waals surface area contributed by atoms with Gasteiger partial charge in [-0.25, -0.2) is 0 Å². The first kappa shape index (κ1) is 12.8. The van der Waals surface area contributed by atoms with Crippen LogP contribution in [0.3, 0.4) is 0 Å². The minimum absolute atomic E-state index is 0.402. The van der Waals surface area contributed by atoms with Gasteiger partial charge in [0.15, 0.2) is 0 Å². The molecule has 0 amide bonds. The predicted octanol–water partition coefficient (Wildman–Crippen LogP) is 6.27. The van der Waals surface area contributed by atoms with E-state index >= 15 is 0 Å². The molecule has 5 rings (SSSR count). The van der Waals surface area contributed by atoms with E-state index in [1.165, 1.54) is 32.6 Å². The van der Waals surface area contributed by atoms with Gasteiger partial charge in [0, 0.05) is 39.2 Å². The molecule has 0 saturated carbocycles. The van der Waals surface area contributed by atoms with Crippen molar-refractivity contribution >= 4 is 43.7 Å². The summed E-state index contributed by atoms with van der Waals surface area (Å²) in [5, 5.41) is 4.99. The molecule has 0 unspecified atom stereocenters. The molecule has 2 aromatic heterocycles. The van der Waals surface area contributed by atoms with Crippen molar-refractivity contribution in [2.24, 2.45) is 0 Å². The predicted molar refractivity (Wildman–Crippen MR) is 97.1 cm³/mol. The molecule has 3 aromatic carbocycles. The van der Waals surface area contributed by atoms with Gasteiger partial charge in [-0.15, -0.1) is 0 Å². The van der Waals surface area contributed by atoms with Crippen molar-refractivity contribution in [1.29, 1.82) is 0 Å². The van der Waals surface area contributed by atoms with Crippen molar-refractivity contribution in [1.82, 2.24) is 4.57 Å². The van der Waals surface area contributed by atoms with E-state index in [9.17, 15) is 0 Å². The molecule has 0 atom stereocenters. The van der Waals surface area contributed by atoms with Gasteiger partial charge in [0.25, 0.3) is 0 Å². The highest BCUT2D eigenvalue weighted by molar-refractivity contribution is 6.16. The summed E-state index contributed by atoms with van der Waals surface area (Å²) < 4.78 is 8.48. The van der Waals surface area contributed by atoms with Crippen LogP contribution in [0.5, 0.6) is 0 Å². The second kappa shape index (κ2) is 4.39. The summed E-state index contributed by atoms with van der Waals surface area (Å²) >= 11 is 0. The van der Waals surface area contributed by atoms with Crippen LogP contribution < -0.4 is 0 Å². The number of nitrogens with zero attached hydrogens (tertiary/aromatic N) is 1.